The van der Waals surface area contributed by atoms with Crippen LogP contribution < -0.4 is 21.2 Å². The van der Waals surface area contributed by atoms with Crippen LogP contribution in [-0.2, 0) is 16.5 Å². The first kappa shape index (κ1) is 37.9. The molecule has 5 rings (SSSR count). The molecule has 244 valence electrons. The maximum Gasteiger partial charge on any atom is 0.101 e. The summed E-state index contributed by atoms with van der Waals surface area (Å²) in [5.74, 6) is 1.09. The minimum Gasteiger partial charge on any atom is -0.687 e. The van der Waals surface area contributed by atoms with Gasteiger partial charge < -0.3 is 4.98 Å². The minimum absolute atomic E-state index is 0. The first-order valence-electron chi connectivity index (χ1n) is 16.4. The summed E-state index contributed by atoms with van der Waals surface area (Å²) in [5, 5.41) is 6.06. The van der Waals surface area contributed by atoms with E-state index in [4.69, 9.17) is 4.98 Å². The predicted octanol–water partition coefficient (Wildman–Crippen LogP) is 10.5. The second kappa shape index (κ2) is 18.7. The molecule has 5 aromatic carbocycles. The molecule has 0 heterocycles. The minimum atomic E-state index is -1.43. The molecule has 0 spiro atoms. The average molecular weight is 708 g/mol. The third-order valence-electron chi connectivity index (χ3n) is 7.90. The Balaban J connectivity index is 0.000000277. The molecule has 0 aliphatic heterocycles. The van der Waals surface area contributed by atoms with Crippen LogP contribution in [0.4, 0.5) is 5.69 Å². The van der Waals surface area contributed by atoms with E-state index in [-0.39, 0.29) is 16.5 Å². The molecule has 0 aliphatic rings. The van der Waals surface area contributed by atoms with Crippen molar-refractivity contribution in [1.29, 1.82) is 0 Å². The Hall–Kier alpha value is -2.53. The fourth-order valence-electron chi connectivity index (χ4n) is 5.69. The van der Waals surface area contributed by atoms with E-state index in [1.807, 2.05) is 0 Å². The van der Waals surface area contributed by atoms with Crippen LogP contribution in [-0.4, -0.2) is 20.6 Å². The first-order valence-corrected chi connectivity index (χ1v) is 23.3. The Morgan fingerprint density at radius 2 is 0.739 bits per heavy atom. The Bertz CT molecular complexity index is 1370. The molecule has 5 heteroatoms. The summed E-state index contributed by atoms with van der Waals surface area (Å²) in [7, 11) is -2.99. The van der Waals surface area contributed by atoms with E-state index in [0.717, 1.165) is 0 Å². The molecule has 0 atom stereocenters. The third kappa shape index (κ3) is 11.3. The number of hydrogen-bond donors (Lipinski definition) is 0. The van der Waals surface area contributed by atoms with Gasteiger partial charge in [-0.3, -0.25) is 0 Å². The van der Waals surface area contributed by atoms with Gasteiger partial charge in [0.1, 0.15) is 12.3 Å². The van der Waals surface area contributed by atoms with Crippen LogP contribution >= 0.6 is 15.8 Å². The normalized spacial score (nSPS) is 11.3. The van der Waals surface area contributed by atoms with Crippen LogP contribution in [0.15, 0.2) is 140 Å². The van der Waals surface area contributed by atoms with Gasteiger partial charge in [-0.15, -0.1) is 5.69 Å². The Morgan fingerprint density at radius 1 is 0.457 bits per heavy atom. The van der Waals surface area contributed by atoms with Crippen molar-refractivity contribution in [3.63, 3.8) is 0 Å². The molecular weight excluding hydrogens is 655 g/mol. The Labute approximate surface area is 293 Å². The zero-order valence-electron chi connectivity index (χ0n) is 28.6. The van der Waals surface area contributed by atoms with Crippen molar-refractivity contribution in [3.8, 4) is 0 Å². The molecule has 0 radical (unpaired) electrons. The molecule has 0 N–H and O–H groups in total. The fraction of sp³-hybridized carbons (Fsp3) is 0.268. The van der Waals surface area contributed by atoms with Gasteiger partial charge in [-0.05, 0) is 68.6 Å². The van der Waals surface area contributed by atoms with E-state index in [0.29, 0.717) is 11.8 Å². The summed E-state index contributed by atoms with van der Waals surface area (Å²) in [5.41, 5.74) is 4.08. The summed E-state index contributed by atoms with van der Waals surface area (Å²) >= 11 is 0. The van der Waals surface area contributed by atoms with Crippen LogP contribution in [0.2, 0.25) is 19.6 Å². The molecule has 0 saturated heterocycles. The third-order valence-corrected chi connectivity index (χ3v) is 14.9. The summed E-state index contributed by atoms with van der Waals surface area (Å²) in [6.45, 7) is 15.9. The van der Waals surface area contributed by atoms with Crippen LogP contribution in [0.25, 0.3) is 4.98 Å². The Morgan fingerprint density at radius 3 is 0.978 bits per heavy atom. The van der Waals surface area contributed by atoms with Crippen molar-refractivity contribution >= 4 is 51.0 Å². The van der Waals surface area contributed by atoms with Gasteiger partial charge in [-0.1, -0.05) is 149 Å². The number of benzene rings is 5. The molecule has 0 bridgehead atoms. The van der Waals surface area contributed by atoms with Crippen molar-refractivity contribution in [3.05, 3.63) is 156 Å². The smallest absolute Gasteiger partial charge is 0.101 e. The fourth-order valence-corrected chi connectivity index (χ4v) is 12.8. The topological polar surface area (TPSA) is 14.1 Å². The summed E-state index contributed by atoms with van der Waals surface area (Å²) in [4.78, 5) is 5.07. The van der Waals surface area contributed by atoms with E-state index in [9.17, 15) is 0 Å². The average Bonchev–Trinajstić information content (AvgIpc) is 3.04. The monoisotopic (exact) mass is 706 g/mol. The van der Waals surface area contributed by atoms with Crippen LogP contribution in [0.3, 0.4) is 0 Å². The molecule has 0 fully saturated rings. The second-order valence-electron chi connectivity index (χ2n) is 13.3. The molecule has 0 aromatic heterocycles. The van der Waals surface area contributed by atoms with Crippen LogP contribution in [0.5, 0.6) is 0 Å². The van der Waals surface area contributed by atoms with Crippen molar-refractivity contribution in [2.24, 2.45) is 0 Å². The first-order chi connectivity index (χ1) is 21.6. The summed E-state index contributed by atoms with van der Waals surface area (Å²) in [6, 6.07) is 51.1. The second-order valence-corrected chi connectivity index (χ2v) is 23.1. The van der Waals surface area contributed by atoms with Gasteiger partial charge in [0.15, 0.2) is 0 Å². The van der Waals surface area contributed by atoms with Crippen molar-refractivity contribution in [1.82, 2.24) is 0 Å². The van der Waals surface area contributed by atoms with Gasteiger partial charge >= 0.3 is 0 Å². The van der Waals surface area contributed by atoms with E-state index in [1.165, 1.54) is 50.4 Å². The van der Waals surface area contributed by atoms with Gasteiger partial charge in [0.05, 0.1) is 37.1 Å². The van der Waals surface area contributed by atoms with Crippen molar-refractivity contribution in [2.45, 2.75) is 59.2 Å². The largest absolute Gasteiger partial charge is 0.687 e. The number of rotatable bonds is 11. The summed E-state index contributed by atoms with van der Waals surface area (Å²) < 4.78 is 0. The molecule has 0 unspecified atom stereocenters. The van der Waals surface area contributed by atoms with Gasteiger partial charge in [0, 0.05) is 16.5 Å². The van der Waals surface area contributed by atoms with E-state index in [2.05, 4.69) is 187 Å². The van der Waals surface area contributed by atoms with Crippen LogP contribution in [0.1, 0.15) is 50.7 Å². The summed E-state index contributed by atoms with van der Waals surface area (Å²) in [6.07, 6.45) is 2.52. The zero-order valence-corrected chi connectivity index (χ0v) is 32.6. The number of hydrogen-bond acceptors (Lipinski definition) is 0. The van der Waals surface area contributed by atoms with Gasteiger partial charge in [-0.25, -0.2) is 0 Å². The van der Waals surface area contributed by atoms with Crippen LogP contribution in [0, 0.1) is 0 Å². The predicted molar refractivity (Wildman–Crippen MR) is 212 cm³/mol. The molecule has 0 saturated carbocycles. The molecule has 46 heavy (non-hydrogen) atoms. The molecule has 0 aliphatic carbocycles. The molecule has 0 amide bonds. The molecule has 5 aromatic rings. The quantitative estimate of drug-likeness (QED) is 0.0959. The molecule has 1 nitrogen and oxygen atoms in total. The molecular formula is C41H52NNiP2Si+. The zero-order chi connectivity index (χ0) is 32.2. The standard InChI is InChI=1S/C26H24P2.C15H26NSi.Ni/c1-5-13-23(14-6-1)27(24-15-7-2-8-16-24)21-22-28(25-17-9-3-10-18-25)26-19-11-4-12-20-26;1-11(2)13-9-8-10-14(12(3)4)15(13)16-17(5,6)7;/h1-20H,21-22H2;8-12H,1-7H3;/q;-1;/p+2. The van der Waals surface area contributed by atoms with Crippen molar-refractivity contribution < 1.29 is 16.5 Å². The maximum absolute atomic E-state index is 5.07. The van der Waals surface area contributed by atoms with E-state index in [1.54, 1.807) is 0 Å². The van der Waals surface area contributed by atoms with Gasteiger partial charge in [0.2, 0.25) is 0 Å². The van der Waals surface area contributed by atoms with E-state index < -0.39 is 24.1 Å². The van der Waals surface area contributed by atoms with Crippen molar-refractivity contribution in [2.75, 3.05) is 12.3 Å². The van der Waals surface area contributed by atoms with Gasteiger partial charge in [-0.2, -0.15) is 0 Å². The Kier molecular flexibility index (Phi) is 15.4. The SMILES string of the molecule is CC(C)c1cccc(C(C)C)c1[N-][Si](C)(C)C.[Ni].c1ccc([PH+](CC[PH+](c2ccccc2)c2ccccc2)c2ccccc2)cc1. The number of nitrogens with zero attached hydrogens (tertiary/aromatic N) is 1. The maximum atomic E-state index is 5.07. The van der Waals surface area contributed by atoms with Gasteiger partial charge in [0.25, 0.3) is 0 Å². The van der Waals surface area contributed by atoms with E-state index >= 15 is 0 Å².